The molecule has 106 valence electrons. The Balaban J connectivity index is 2.21. The van der Waals surface area contributed by atoms with Gasteiger partial charge in [-0.3, -0.25) is 14.2 Å². The molecule has 1 aromatic heterocycles. The number of carbonyl (C=O) groups is 1. The van der Waals surface area contributed by atoms with Gasteiger partial charge in [-0.05, 0) is 12.1 Å². The summed E-state index contributed by atoms with van der Waals surface area (Å²) in [5.41, 5.74) is 0.443. The Morgan fingerprint density at radius 2 is 2.20 bits per heavy atom. The summed E-state index contributed by atoms with van der Waals surface area (Å²) in [5.74, 6) is 0.885. The molecule has 0 aliphatic carbocycles. The molecule has 7 heteroatoms. The highest BCUT2D eigenvalue weighted by Crippen LogP contribution is 2.16. The van der Waals surface area contributed by atoms with Crippen molar-refractivity contribution >= 4 is 28.6 Å². The second-order valence-electron chi connectivity index (χ2n) is 3.96. The molecular formula is C13H14N2O4S. The molecular weight excluding hydrogens is 280 g/mol. The van der Waals surface area contributed by atoms with E-state index in [1.54, 1.807) is 25.3 Å². The van der Waals surface area contributed by atoms with Crippen molar-refractivity contribution in [1.29, 1.82) is 0 Å². The first-order valence-corrected chi connectivity index (χ1v) is 6.99. The Kier molecular flexibility index (Phi) is 4.62. The molecule has 0 amide bonds. The van der Waals surface area contributed by atoms with Crippen LogP contribution in [0.4, 0.5) is 0 Å². The van der Waals surface area contributed by atoms with Crippen LogP contribution in [0.15, 0.2) is 29.3 Å². The van der Waals surface area contributed by atoms with Crippen LogP contribution >= 0.6 is 11.8 Å². The molecule has 0 radical (unpaired) electrons. The van der Waals surface area contributed by atoms with Crippen LogP contribution in [0.2, 0.25) is 0 Å². The number of rotatable bonds is 5. The minimum Gasteiger partial charge on any atom is -0.497 e. The van der Waals surface area contributed by atoms with Crippen molar-refractivity contribution in [2.75, 3.05) is 20.0 Å². The molecule has 0 spiro atoms. The number of nitrogens with zero attached hydrogens (tertiary/aromatic N) is 2. The second-order valence-corrected chi connectivity index (χ2v) is 4.91. The second kappa shape index (κ2) is 6.42. The van der Waals surface area contributed by atoms with Crippen molar-refractivity contribution in [3.8, 4) is 5.75 Å². The van der Waals surface area contributed by atoms with Gasteiger partial charge in [-0.2, -0.15) is 0 Å². The van der Waals surface area contributed by atoms with E-state index in [0.29, 0.717) is 22.5 Å². The molecule has 0 unspecified atom stereocenters. The monoisotopic (exact) mass is 294 g/mol. The number of thioether (sulfide) groups is 1. The number of hydrogen-bond donors (Lipinski definition) is 0. The quantitative estimate of drug-likeness (QED) is 0.773. The first-order valence-electron chi connectivity index (χ1n) is 5.83. The molecule has 0 aliphatic heterocycles. The lowest BCUT2D eigenvalue weighted by atomic mass is 10.2. The van der Waals surface area contributed by atoms with E-state index in [-0.39, 0.29) is 17.3 Å². The fourth-order valence-corrected chi connectivity index (χ4v) is 2.40. The van der Waals surface area contributed by atoms with Gasteiger partial charge in [-0.1, -0.05) is 0 Å². The molecule has 0 atom stereocenters. The van der Waals surface area contributed by atoms with Crippen LogP contribution in [0.1, 0.15) is 0 Å². The van der Waals surface area contributed by atoms with Gasteiger partial charge >= 0.3 is 5.97 Å². The normalized spacial score (nSPS) is 10.5. The molecule has 6 nitrogen and oxygen atoms in total. The van der Waals surface area contributed by atoms with Crippen molar-refractivity contribution in [1.82, 2.24) is 9.55 Å². The Morgan fingerprint density at radius 1 is 1.40 bits per heavy atom. The van der Waals surface area contributed by atoms with Gasteiger partial charge in [0.25, 0.3) is 5.56 Å². The van der Waals surface area contributed by atoms with Gasteiger partial charge in [0.05, 0.1) is 43.1 Å². The maximum atomic E-state index is 12.2. The van der Waals surface area contributed by atoms with Crippen molar-refractivity contribution in [3.63, 3.8) is 0 Å². The van der Waals surface area contributed by atoms with Crippen LogP contribution in [0.5, 0.6) is 5.75 Å². The van der Waals surface area contributed by atoms with Crippen molar-refractivity contribution in [2.45, 2.75) is 5.88 Å². The van der Waals surface area contributed by atoms with Crippen LogP contribution in [-0.2, 0) is 15.4 Å². The van der Waals surface area contributed by atoms with Crippen molar-refractivity contribution in [3.05, 3.63) is 34.9 Å². The highest BCUT2D eigenvalue weighted by Gasteiger charge is 2.06. The van der Waals surface area contributed by atoms with Gasteiger partial charge < -0.3 is 9.47 Å². The summed E-state index contributed by atoms with van der Waals surface area (Å²) in [6.07, 6.45) is 1.47. The summed E-state index contributed by atoms with van der Waals surface area (Å²) >= 11 is 1.29. The maximum Gasteiger partial charge on any atom is 0.315 e. The van der Waals surface area contributed by atoms with Crippen LogP contribution in [0.3, 0.4) is 0 Å². The molecule has 20 heavy (non-hydrogen) atoms. The third-order valence-corrected chi connectivity index (χ3v) is 3.61. The van der Waals surface area contributed by atoms with Gasteiger partial charge in [0, 0.05) is 6.07 Å². The Bertz CT molecular complexity index is 684. The SMILES string of the molecule is COC(=O)CSCn1cnc2cc(OC)ccc2c1=O. The molecule has 0 saturated heterocycles. The van der Waals surface area contributed by atoms with Gasteiger partial charge in [0.2, 0.25) is 0 Å². The van der Waals surface area contributed by atoms with Gasteiger partial charge in [-0.25, -0.2) is 4.98 Å². The van der Waals surface area contributed by atoms with Gasteiger partial charge in [0.1, 0.15) is 5.75 Å². The lowest BCUT2D eigenvalue weighted by molar-refractivity contribution is -0.137. The number of hydrogen-bond acceptors (Lipinski definition) is 6. The molecule has 0 saturated carbocycles. The van der Waals surface area contributed by atoms with E-state index >= 15 is 0 Å². The number of aromatic nitrogens is 2. The van der Waals surface area contributed by atoms with E-state index in [0.717, 1.165) is 0 Å². The van der Waals surface area contributed by atoms with E-state index in [9.17, 15) is 9.59 Å². The van der Waals surface area contributed by atoms with E-state index in [1.165, 1.54) is 29.8 Å². The number of ether oxygens (including phenoxy) is 2. The van der Waals surface area contributed by atoms with E-state index in [2.05, 4.69) is 9.72 Å². The zero-order valence-electron chi connectivity index (χ0n) is 11.2. The van der Waals surface area contributed by atoms with E-state index in [4.69, 9.17) is 4.74 Å². The molecule has 2 aromatic rings. The minimum absolute atomic E-state index is 0.144. The average Bonchev–Trinajstić information content (AvgIpc) is 2.48. The van der Waals surface area contributed by atoms with Crippen molar-refractivity contribution < 1.29 is 14.3 Å². The van der Waals surface area contributed by atoms with Crippen molar-refractivity contribution in [2.24, 2.45) is 0 Å². The van der Waals surface area contributed by atoms with Crippen LogP contribution < -0.4 is 10.3 Å². The fraction of sp³-hybridized carbons (Fsp3) is 0.308. The van der Waals surface area contributed by atoms with E-state index < -0.39 is 0 Å². The summed E-state index contributed by atoms with van der Waals surface area (Å²) in [4.78, 5) is 27.5. The zero-order chi connectivity index (χ0) is 14.5. The molecule has 0 N–H and O–H groups in total. The highest BCUT2D eigenvalue weighted by atomic mass is 32.2. The first-order chi connectivity index (χ1) is 9.65. The summed E-state index contributed by atoms with van der Waals surface area (Å²) in [6, 6.07) is 5.12. The Labute approximate surface area is 119 Å². The largest absolute Gasteiger partial charge is 0.497 e. The first kappa shape index (κ1) is 14.4. The highest BCUT2D eigenvalue weighted by molar-refractivity contribution is 7.98. The number of esters is 1. The van der Waals surface area contributed by atoms with Crippen LogP contribution in [0, 0.1) is 0 Å². The lowest BCUT2D eigenvalue weighted by Crippen LogP contribution is -2.20. The molecule has 0 aliphatic rings. The third-order valence-electron chi connectivity index (χ3n) is 2.71. The number of carbonyl (C=O) groups excluding carboxylic acids is 1. The summed E-state index contributed by atoms with van der Waals surface area (Å²) in [6.45, 7) is 0. The van der Waals surface area contributed by atoms with Gasteiger partial charge in [-0.15, -0.1) is 11.8 Å². The predicted molar refractivity (Wildman–Crippen MR) is 77.0 cm³/mol. The summed E-state index contributed by atoms with van der Waals surface area (Å²) in [7, 11) is 2.89. The van der Waals surface area contributed by atoms with Crippen LogP contribution in [-0.4, -0.2) is 35.5 Å². The number of benzene rings is 1. The summed E-state index contributed by atoms with van der Waals surface area (Å²) < 4.78 is 11.1. The molecule has 1 aromatic carbocycles. The van der Waals surface area contributed by atoms with E-state index in [1.807, 2.05) is 0 Å². The Morgan fingerprint density at radius 3 is 2.90 bits per heavy atom. The topological polar surface area (TPSA) is 70.4 Å². The average molecular weight is 294 g/mol. The number of fused-ring (bicyclic) bond motifs is 1. The minimum atomic E-state index is -0.318. The van der Waals surface area contributed by atoms with Gasteiger partial charge in [0.15, 0.2) is 0 Å². The molecule has 2 rings (SSSR count). The Hall–Kier alpha value is -2.02. The molecule has 0 fully saturated rings. The van der Waals surface area contributed by atoms with Crippen LogP contribution in [0.25, 0.3) is 10.9 Å². The fourth-order valence-electron chi connectivity index (χ4n) is 1.64. The molecule has 0 bridgehead atoms. The standard InChI is InChI=1S/C13H14N2O4S/c1-18-9-3-4-10-11(5-9)14-7-15(13(10)17)8-20-6-12(16)19-2/h3-5,7H,6,8H2,1-2H3. The number of methoxy groups -OCH3 is 2. The molecule has 1 heterocycles. The third kappa shape index (κ3) is 3.11. The summed E-state index contributed by atoms with van der Waals surface area (Å²) in [5, 5.41) is 0.520. The lowest BCUT2D eigenvalue weighted by Gasteiger charge is -2.07. The predicted octanol–water partition coefficient (Wildman–Crippen LogP) is 1.27. The maximum absolute atomic E-state index is 12.2. The zero-order valence-corrected chi connectivity index (χ0v) is 12.0. The smallest absolute Gasteiger partial charge is 0.315 e.